The van der Waals surface area contributed by atoms with Crippen LogP contribution in [0.5, 0.6) is 0 Å². The van der Waals surface area contributed by atoms with Gasteiger partial charge in [-0.15, -0.1) is 0 Å². The standard InChI is InChI=1S/C11H23N3/c1-9(2)7-13-10(6-12)8-14-11(3,4)5/h6,8-9,13H,7,12H2,1-5H3. The fourth-order valence-corrected chi connectivity index (χ4v) is 0.733. The zero-order chi connectivity index (χ0) is 11.2. The molecule has 0 aliphatic rings. The van der Waals surface area contributed by atoms with Gasteiger partial charge in [0.2, 0.25) is 0 Å². The van der Waals surface area contributed by atoms with Gasteiger partial charge >= 0.3 is 0 Å². The molecule has 0 saturated heterocycles. The van der Waals surface area contributed by atoms with Crippen molar-refractivity contribution < 1.29 is 0 Å². The molecule has 0 radical (unpaired) electrons. The van der Waals surface area contributed by atoms with Gasteiger partial charge in [0.05, 0.1) is 11.2 Å². The molecule has 3 heteroatoms. The summed E-state index contributed by atoms with van der Waals surface area (Å²) in [6.07, 6.45) is 3.35. The highest BCUT2D eigenvalue weighted by atomic mass is 14.9. The summed E-state index contributed by atoms with van der Waals surface area (Å²) in [5.74, 6) is 0.605. The maximum atomic E-state index is 5.47. The van der Waals surface area contributed by atoms with Crippen LogP contribution in [0.2, 0.25) is 0 Å². The van der Waals surface area contributed by atoms with Crippen LogP contribution >= 0.6 is 0 Å². The second-order valence-corrected chi connectivity index (χ2v) is 4.83. The normalized spacial score (nSPS) is 14.0. The Hall–Kier alpha value is -0.990. The first-order valence-corrected chi connectivity index (χ1v) is 5.06. The van der Waals surface area contributed by atoms with Crippen LogP contribution in [-0.2, 0) is 0 Å². The molecule has 3 N–H and O–H groups in total. The Labute approximate surface area is 87.5 Å². The first kappa shape index (κ1) is 13.0. The third-order valence-electron chi connectivity index (χ3n) is 1.48. The molecular weight excluding hydrogens is 174 g/mol. The fraction of sp³-hybridized carbons (Fsp3) is 0.727. The molecule has 0 aromatic rings. The van der Waals surface area contributed by atoms with Crippen molar-refractivity contribution >= 4 is 6.21 Å². The molecule has 0 fully saturated rings. The lowest BCUT2D eigenvalue weighted by Crippen LogP contribution is -2.22. The second kappa shape index (κ2) is 5.68. The molecule has 0 heterocycles. The minimum atomic E-state index is -0.0478. The molecule has 14 heavy (non-hydrogen) atoms. The summed E-state index contributed by atoms with van der Waals surface area (Å²) in [5, 5.41) is 3.23. The molecule has 0 atom stereocenters. The van der Waals surface area contributed by atoms with Crippen LogP contribution in [0.4, 0.5) is 0 Å². The summed E-state index contributed by atoms with van der Waals surface area (Å²) in [7, 11) is 0. The molecular formula is C11H23N3. The monoisotopic (exact) mass is 197 g/mol. The molecule has 82 valence electrons. The summed E-state index contributed by atoms with van der Waals surface area (Å²) in [6, 6.07) is 0. The van der Waals surface area contributed by atoms with E-state index >= 15 is 0 Å². The number of allylic oxidation sites excluding steroid dienone is 1. The summed E-state index contributed by atoms with van der Waals surface area (Å²) >= 11 is 0. The number of nitrogens with one attached hydrogen (secondary N) is 1. The molecule has 0 aromatic heterocycles. The summed E-state index contributed by atoms with van der Waals surface area (Å²) in [6.45, 7) is 11.4. The predicted molar refractivity (Wildman–Crippen MR) is 63.4 cm³/mol. The molecule has 0 aliphatic heterocycles. The second-order valence-electron chi connectivity index (χ2n) is 4.83. The van der Waals surface area contributed by atoms with Crippen LogP contribution in [0.3, 0.4) is 0 Å². The topological polar surface area (TPSA) is 50.4 Å². The van der Waals surface area contributed by atoms with Crippen molar-refractivity contribution in [3.63, 3.8) is 0 Å². The molecule has 0 saturated carbocycles. The first-order valence-electron chi connectivity index (χ1n) is 5.06. The minimum Gasteiger partial charge on any atom is -0.403 e. The average Bonchev–Trinajstić information content (AvgIpc) is 2.02. The van der Waals surface area contributed by atoms with Crippen LogP contribution in [0.1, 0.15) is 34.6 Å². The van der Waals surface area contributed by atoms with Crippen molar-refractivity contribution in [3.8, 4) is 0 Å². The molecule has 3 nitrogen and oxygen atoms in total. The van der Waals surface area contributed by atoms with Gasteiger partial charge in [-0.3, -0.25) is 4.99 Å². The van der Waals surface area contributed by atoms with Gasteiger partial charge in [-0.05, 0) is 26.7 Å². The van der Waals surface area contributed by atoms with Gasteiger partial charge in [-0.2, -0.15) is 0 Å². The predicted octanol–water partition coefficient (Wildman–Crippen LogP) is 1.90. The number of nitrogens with two attached hydrogens (primary N) is 1. The van der Waals surface area contributed by atoms with Crippen molar-refractivity contribution in [1.29, 1.82) is 0 Å². The van der Waals surface area contributed by atoms with Gasteiger partial charge in [-0.1, -0.05) is 13.8 Å². The van der Waals surface area contributed by atoms with E-state index in [2.05, 4.69) is 44.9 Å². The highest BCUT2D eigenvalue weighted by Crippen LogP contribution is 2.05. The third-order valence-corrected chi connectivity index (χ3v) is 1.48. The molecule has 0 rings (SSSR count). The summed E-state index contributed by atoms with van der Waals surface area (Å²) < 4.78 is 0. The highest BCUT2D eigenvalue weighted by Gasteiger charge is 2.05. The van der Waals surface area contributed by atoms with Crippen LogP contribution in [0, 0.1) is 5.92 Å². The van der Waals surface area contributed by atoms with E-state index in [0.29, 0.717) is 5.92 Å². The Kier molecular flexibility index (Phi) is 5.28. The van der Waals surface area contributed by atoms with Crippen molar-refractivity contribution in [1.82, 2.24) is 5.32 Å². The number of hydrogen-bond donors (Lipinski definition) is 2. The fourth-order valence-electron chi connectivity index (χ4n) is 0.733. The zero-order valence-electron chi connectivity index (χ0n) is 9.96. The van der Waals surface area contributed by atoms with E-state index in [1.54, 1.807) is 12.4 Å². The lowest BCUT2D eigenvalue weighted by molar-refractivity contribution is 0.582. The van der Waals surface area contributed by atoms with Gasteiger partial charge in [0, 0.05) is 19.0 Å². The van der Waals surface area contributed by atoms with Gasteiger partial charge in [0.15, 0.2) is 0 Å². The Morgan fingerprint density at radius 2 is 2.00 bits per heavy atom. The van der Waals surface area contributed by atoms with Crippen LogP contribution in [-0.4, -0.2) is 18.3 Å². The van der Waals surface area contributed by atoms with E-state index < -0.39 is 0 Å². The van der Waals surface area contributed by atoms with E-state index in [0.717, 1.165) is 12.2 Å². The summed E-state index contributed by atoms with van der Waals surface area (Å²) in [4.78, 5) is 4.37. The van der Waals surface area contributed by atoms with Crippen LogP contribution in [0.15, 0.2) is 16.9 Å². The van der Waals surface area contributed by atoms with E-state index in [-0.39, 0.29) is 5.54 Å². The molecule has 0 spiro atoms. The van der Waals surface area contributed by atoms with E-state index in [9.17, 15) is 0 Å². The van der Waals surface area contributed by atoms with Gasteiger partial charge < -0.3 is 11.1 Å². The molecule has 0 aromatic carbocycles. The number of nitrogens with zero attached hydrogens (tertiary/aromatic N) is 1. The van der Waals surface area contributed by atoms with Crippen LogP contribution in [0.25, 0.3) is 0 Å². The van der Waals surface area contributed by atoms with E-state index in [1.165, 1.54) is 0 Å². The van der Waals surface area contributed by atoms with Crippen molar-refractivity contribution in [2.24, 2.45) is 16.6 Å². The SMILES string of the molecule is CC(C)CNC(C=NC(C)(C)C)=CN. The van der Waals surface area contributed by atoms with Crippen molar-refractivity contribution in [3.05, 3.63) is 11.9 Å². The van der Waals surface area contributed by atoms with E-state index in [1.807, 2.05) is 0 Å². The summed E-state index contributed by atoms with van der Waals surface area (Å²) in [5.41, 5.74) is 6.31. The Morgan fingerprint density at radius 1 is 1.43 bits per heavy atom. The smallest absolute Gasteiger partial charge is 0.0679 e. The van der Waals surface area contributed by atoms with Gasteiger partial charge in [0.1, 0.15) is 0 Å². The number of hydrogen-bond acceptors (Lipinski definition) is 3. The maximum absolute atomic E-state index is 5.47. The van der Waals surface area contributed by atoms with Crippen molar-refractivity contribution in [2.45, 2.75) is 40.2 Å². The maximum Gasteiger partial charge on any atom is 0.0679 e. The molecule has 0 amide bonds. The quantitative estimate of drug-likeness (QED) is 0.676. The third kappa shape index (κ3) is 7.65. The Bertz CT molecular complexity index is 209. The lowest BCUT2D eigenvalue weighted by atomic mass is 10.1. The molecule has 0 bridgehead atoms. The Morgan fingerprint density at radius 3 is 2.36 bits per heavy atom. The first-order chi connectivity index (χ1) is 6.35. The minimum absolute atomic E-state index is 0.0478. The van der Waals surface area contributed by atoms with Gasteiger partial charge in [-0.25, -0.2) is 0 Å². The number of rotatable bonds is 4. The molecule has 0 unspecified atom stereocenters. The lowest BCUT2D eigenvalue weighted by Gasteiger charge is -2.13. The zero-order valence-corrected chi connectivity index (χ0v) is 9.96. The van der Waals surface area contributed by atoms with Crippen molar-refractivity contribution in [2.75, 3.05) is 6.54 Å². The largest absolute Gasteiger partial charge is 0.403 e. The number of aliphatic imine (C=N–C) groups is 1. The van der Waals surface area contributed by atoms with E-state index in [4.69, 9.17) is 5.73 Å². The van der Waals surface area contributed by atoms with Crippen LogP contribution < -0.4 is 11.1 Å². The van der Waals surface area contributed by atoms with Gasteiger partial charge in [0.25, 0.3) is 0 Å². The Balaban J connectivity index is 4.12. The average molecular weight is 197 g/mol. The molecule has 0 aliphatic carbocycles. The highest BCUT2D eigenvalue weighted by molar-refractivity contribution is 5.77.